The Labute approximate surface area is 69.3 Å². The molecule has 0 saturated heterocycles. The van der Waals surface area contributed by atoms with Crippen molar-refractivity contribution in [1.82, 2.24) is 0 Å². The molecule has 0 aliphatic rings. The van der Waals surface area contributed by atoms with Crippen molar-refractivity contribution >= 4 is 11.3 Å². The molecule has 0 fully saturated rings. The van der Waals surface area contributed by atoms with Gasteiger partial charge in [-0.15, -0.1) is 11.3 Å². The molecule has 1 heterocycles. The third-order valence-corrected chi connectivity index (χ3v) is 2.27. The van der Waals surface area contributed by atoms with E-state index in [1.165, 1.54) is 0 Å². The Morgan fingerprint density at radius 2 is 2.55 bits per heavy atom. The third-order valence-electron chi connectivity index (χ3n) is 1.40. The number of hydrogen-bond donors (Lipinski definition) is 1. The molecule has 2 N–H and O–H groups in total. The number of thiophene rings is 1. The summed E-state index contributed by atoms with van der Waals surface area (Å²) in [7, 11) is 0. The summed E-state index contributed by atoms with van der Waals surface area (Å²) in [6.45, 7) is 0.300. The van der Waals surface area contributed by atoms with Crippen LogP contribution in [0.15, 0.2) is 29.4 Å². The molecule has 0 radical (unpaired) electrons. The van der Waals surface area contributed by atoms with Gasteiger partial charge in [-0.05, 0) is 17.0 Å². The lowest BCUT2D eigenvalue weighted by molar-refractivity contribution is 0.700. The molecule has 0 saturated carbocycles. The zero-order chi connectivity index (χ0) is 8.10. The molecule has 0 unspecified atom stereocenters. The van der Waals surface area contributed by atoms with Crippen LogP contribution in [-0.2, 0) is 6.42 Å². The zero-order valence-corrected chi connectivity index (χ0v) is 6.90. The number of rotatable bonds is 3. The highest BCUT2D eigenvalue weighted by Crippen LogP contribution is 2.13. The third kappa shape index (κ3) is 2.44. The van der Waals surface area contributed by atoms with Crippen LogP contribution in [0.25, 0.3) is 0 Å². The van der Waals surface area contributed by atoms with Gasteiger partial charge in [0.05, 0.1) is 6.33 Å². The molecule has 0 aromatic carbocycles. The maximum atomic E-state index is 12.0. The van der Waals surface area contributed by atoms with E-state index in [0.717, 1.165) is 4.88 Å². The van der Waals surface area contributed by atoms with Crippen molar-refractivity contribution in [3.8, 4) is 0 Å². The van der Waals surface area contributed by atoms with E-state index < -0.39 is 0 Å². The van der Waals surface area contributed by atoms with Crippen molar-refractivity contribution in [2.24, 2.45) is 5.73 Å². The van der Waals surface area contributed by atoms with E-state index in [-0.39, 0.29) is 0 Å². The first-order chi connectivity index (χ1) is 5.36. The topological polar surface area (TPSA) is 26.0 Å². The van der Waals surface area contributed by atoms with E-state index in [4.69, 9.17) is 5.73 Å². The smallest absolute Gasteiger partial charge is 0.0875 e. The van der Waals surface area contributed by atoms with Crippen LogP contribution in [0.3, 0.4) is 0 Å². The van der Waals surface area contributed by atoms with Gasteiger partial charge < -0.3 is 5.73 Å². The van der Waals surface area contributed by atoms with Crippen LogP contribution in [0.1, 0.15) is 4.88 Å². The Bertz CT molecular complexity index is 228. The van der Waals surface area contributed by atoms with Crippen molar-refractivity contribution in [1.29, 1.82) is 0 Å². The van der Waals surface area contributed by atoms with E-state index in [9.17, 15) is 4.39 Å². The van der Waals surface area contributed by atoms with Crippen molar-refractivity contribution in [2.75, 3.05) is 6.54 Å². The number of halogens is 1. The quantitative estimate of drug-likeness (QED) is 0.740. The Morgan fingerprint density at radius 3 is 3.00 bits per heavy atom. The van der Waals surface area contributed by atoms with Crippen molar-refractivity contribution in [3.05, 3.63) is 34.3 Å². The van der Waals surface area contributed by atoms with Gasteiger partial charge in [-0.3, -0.25) is 0 Å². The maximum absolute atomic E-state index is 12.0. The van der Waals surface area contributed by atoms with E-state index in [0.29, 0.717) is 24.9 Å². The first-order valence-corrected chi connectivity index (χ1v) is 4.25. The molecule has 60 valence electrons. The van der Waals surface area contributed by atoms with Gasteiger partial charge in [0.2, 0.25) is 0 Å². The van der Waals surface area contributed by atoms with Crippen LogP contribution in [0.4, 0.5) is 4.39 Å². The van der Waals surface area contributed by atoms with Crippen LogP contribution in [0, 0.1) is 0 Å². The Balaban J connectivity index is 2.55. The fourth-order valence-electron chi connectivity index (χ4n) is 0.792. The average Bonchev–Trinajstić information content (AvgIpc) is 2.52. The fraction of sp³-hybridized carbons (Fsp3) is 0.250. The van der Waals surface area contributed by atoms with Gasteiger partial charge >= 0.3 is 0 Å². The second-order valence-corrected chi connectivity index (χ2v) is 3.26. The molecule has 0 atom stereocenters. The fourth-order valence-corrected chi connectivity index (χ4v) is 1.55. The lowest BCUT2D eigenvalue weighted by atomic mass is 10.2. The van der Waals surface area contributed by atoms with Crippen molar-refractivity contribution in [3.63, 3.8) is 0 Å². The lowest BCUT2D eigenvalue weighted by Crippen LogP contribution is -2.04. The Hall–Kier alpha value is -0.670. The summed E-state index contributed by atoms with van der Waals surface area (Å²) in [6.07, 6.45) is 1.24. The summed E-state index contributed by atoms with van der Waals surface area (Å²) in [5, 5.41) is 1.97. The van der Waals surface area contributed by atoms with Gasteiger partial charge in [-0.2, -0.15) is 0 Å². The van der Waals surface area contributed by atoms with Gasteiger partial charge in [0.25, 0.3) is 0 Å². The highest BCUT2D eigenvalue weighted by Gasteiger charge is 1.97. The average molecular weight is 171 g/mol. The van der Waals surface area contributed by atoms with E-state index in [1.807, 2.05) is 17.5 Å². The molecular weight excluding hydrogens is 161 g/mol. The number of nitrogens with two attached hydrogens (primary N) is 1. The highest BCUT2D eigenvalue weighted by molar-refractivity contribution is 7.09. The first-order valence-electron chi connectivity index (χ1n) is 3.37. The molecule has 1 rings (SSSR count). The normalized spacial score (nSPS) is 12.0. The van der Waals surface area contributed by atoms with Crippen molar-refractivity contribution < 1.29 is 4.39 Å². The largest absolute Gasteiger partial charge is 0.327 e. The zero-order valence-electron chi connectivity index (χ0n) is 6.09. The first kappa shape index (κ1) is 8.43. The molecule has 0 aliphatic carbocycles. The van der Waals surface area contributed by atoms with Crippen LogP contribution in [0.5, 0.6) is 0 Å². The maximum Gasteiger partial charge on any atom is 0.0875 e. The van der Waals surface area contributed by atoms with Crippen molar-refractivity contribution in [2.45, 2.75) is 6.42 Å². The number of hydrogen-bond acceptors (Lipinski definition) is 2. The summed E-state index contributed by atoms with van der Waals surface area (Å²) in [6, 6.07) is 3.93. The summed E-state index contributed by atoms with van der Waals surface area (Å²) >= 11 is 1.62. The molecular formula is C8H10FNS. The summed E-state index contributed by atoms with van der Waals surface area (Å²) in [5.41, 5.74) is 5.94. The van der Waals surface area contributed by atoms with Crippen LogP contribution in [-0.4, -0.2) is 6.54 Å². The molecule has 1 aromatic heterocycles. The predicted molar refractivity (Wildman–Crippen MR) is 46.3 cm³/mol. The second kappa shape index (κ2) is 4.26. The standard InChI is InChI=1S/C8H10FNS/c9-5-7(6-10)4-8-2-1-3-11-8/h1-3,5H,4,6,10H2/b7-5-. The SMILES string of the molecule is NC/C(=C\F)Cc1cccs1. The van der Waals surface area contributed by atoms with E-state index in [2.05, 4.69) is 0 Å². The summed E-state index contributed by atoms with van der Waals surface area (Å²) in [5.74, 6) is 0. The molecule has 0 spiro atoms. The molecule has 11 heavy (non-hydrogen) atoms. The van der Waals surface area contributed by atoms with Gasteiger partial charge in [-0.1, -0.05) is 6.07 Å². The van der Waals surface area contributed by atoms with Crippen LogP contribution >= 0.6 is 11.3 Å². The van der Waals surface area contributed by atoms with E-state index >= 15 is 0 Å². The minimum atomic E-state index is 0.300. The molecule has 0 aliphatic heterocycles. The lowest BCUT2D eigenvalue weighted by Gasteiger charge is -1.97. The van der Waals surface area contributed by atoms with Gasteiger partial charge in [-0.25, -0.2) is 4.39 Å². The van der Waals surface area contributed by atoms with Gasteiger partial charge in [0, 0.05) is 17.8 Å². The molecule has 1 nitrogen and oxygen atoms in total. The molecule has 1 aromatic rings. The molecule has 0 amide bonds. The highest BCUT2D eigenvalue weighted by atomic mass is 32.1. The molecule has 0 bridgehead atoms. The monoisotopic (exact) mass is 171 g/mol. The minimum absolute atomic E-state index is 0.300. The Morgan fingerprint density at radius 1 is 1.73 bits per heavy atom. The van der Waals surface area contributed by atoms with Crippen LogP contribution in [0.2, 0.25) is 0 Å². The summed E-state index contributed by atoms with van der Waals surface area (Å²) in [4.78, 5) is 1.15. The summed E-state index contributed by atoms with van der Waals surface area (Å²) < 4.78 is 12.0. The van der Waals surface area contributed by atoms with Gasteiger partial charge in [0.15, 0.2) is 0 Å². The van der Waals surface area contributed by atoms with Crippen LogP contribution < -0.4 is 5.73 Å². The van der Waals surface area contributed by atoms with E-state index in [1.54, 1.807) is 11.3 Å². The second-order valence-electron chi connectivity index (χ2n) is 2.23. The molecule has 3 heteroatoms. The Kier molecular flexibility index (Phi) is 3.26. The minimum Gasteiger partial charge on any atom is -0.327 e. The van der Waals surface area contributed by atoms with Gasteiger partial charge in [0.1, 0.15) is 0 Å². The predicted octanol–water partition coefficient (Wildman–Crippen LogP) is 2.10.